The van der Waals surface area contributed by atoms with Crippen molar-refractivity contribution in [2.24, 2.45) is 11.8 Å². The van der Waals surface area contributed by atoms with Crippen molar-refractivity contribution in [2.75, 3.05) is 32.7 Å². The number of hydrogen-bond acceptors (Lipinski definition) is 2. The molecule has 124 valence electrons. The molecule has 3 heteroatoms. The topological polar surface area (TPSA) is 23.6 Å². The molecule has 1 aliphatic carbocycles. The first-order valence-electron chi connectivity index (χ1n) is 8.90. The first-order valence-corrected chi connectivity index (χ1v) is 8.90. The van der Waals surface area contributed by atoms with Gasteiger partial charge in [0.2, 0.25) is 5.91 Å². The van der Waals surface area contributed by atoms with E-state index in [0.717, 1.165) is 44.0 Å². The zero-order valence-electron chi connectivity index (χ0n) is 14.4. The number of carbonyl (C=O) groups excluding carboxylic acids is 1. The van der Waals surface area contributed by atoms with Crippen LogP contribution < -0.4 is 0 Å². The Bertz CT molecular complexity index is 408. The number of amides is 1. The van der Waals surface area contributed by atoms with Crippen LogP contribution in [0, 0.1) is 11.8 Å². The molecule has 0 aromatic rings. The molecule has 0 radical (unpaired) electrons. The van der Waals surface area contributed by atoms with E-state index >= 15 is 0 Å². The second-order valence-corrected chi connectivity index (χ2v) is 7.03. The maximum atomic E-state index is 12.6. The molecule has 1 fully saturated rings. The summed E-state index contributed by atoms with van der Waals surface area (Å²) in [6, 6.07) is 0. The quantitative estimate of drug-likeness (QED) is 0.701. The van der Waals surface area contributed by atoms with Crippen LogP contribution in [-0.2, 0) is 4.79 Å². The lowest BCUT2D eigenvalue weighted by atomic mass is 9.91. The second kappa shape index (κ2) is 8.52. The predicted octanol–water partition coefficient (Wildman–Crippen LogP) is 3.48. The van der Waals surface area contributed by atoms with Gasteiger partial charge in [-0.1, -0.05) is 24.3 Å². The number of hydrogen-bond donors (Lipinski definition) is 0. The van der Waals surface area contributed by atoms with Crippen molar-refractivity contribution < 1.29 is 4.79 Å². The van der Waals surface area contributed by atoms with Crippen LogP contribution in [0.5, 0.6) is 0 Å². The molecule has 0 spiro atoms. The Morgan fingerprint density at radius 2 is 2.00 bits per heavy atom. The van der Waals surface area contributed by atoms with E-state index < -0.39 is 0 Å². The third-order valence-electron chi connectivity index (χ3n) is 4.99. The van der Waals surface area contributed by atoms with Crippen molar-refractivity contribution in [3.05, 3.63) is 24.3 Å². The van der Waals surface area contributed by atoms with Crippen LogP contribution >= 0.6 is 0 Å². The molecule has 1 amide bonds. The summed E-state index contributed by atoms with van der Waals surface area (Å²) >= 11 is 0. The Morgan fingerprint density at radius 1 is 1.27 bits per heavy atom. The molecule has 1 unspecified atom stereocenters. The van der Waals surface area contributed by atoms with Crippen LogP contribution in [-0.4, -0.2) is 48.4 Å². The molecule has 2 rings (SSSR count). The Labute approximate surface area is 136 Å². The summed E-state index contributed by atoms with van der Waals surface area (Å²) < 4.78 is 0. The van der Waals surface area contributed by atoms with Gasteiger partial charge in [0.25, 0.3) is 0 Å². The van der Waals surface area contributed by atoms with Gasteiger partial charge in [-0.25, -0.2) is 0 Å². The molecule has 0 saturated carbocycles. The molecule has 0 N–H and O–H groups in total. The molecule has 0 bridgehead atoms. The fourth-order valence-electron chi connectivity index (χ4n) is 3.68. The molecule has 1 saturated heterocycles. The molecule has 2 aliphatic rings. The number of piperidine rings is 1. The van der Waals surface area contributed by atoms with E-state index in [2.05, 4.69) is 30.6 Å². The van der Waals surface area contributed by atoms with Crippen LogP contribution in [0.25, 0.3) is 0 Å². The Kier molecular flexibility index (Phi) is 6.69. The molecule has 0 aromatic heterocycles. The molecular weight excluding hydrogens is 272 g/mol. The molecule has 1 aliphatic heterocycles. The number of carbonyl (C=O) groups is 1. The van der Waals surface area contributed by atoms with Crippen molar-refractivity contribution in [2.45, 2.75) is 46.0 Å². The summed E-state index contributed by atoms with van der Waals surface area (Å²) in [5, 5.41) is 0. The molecule has 1 atom stereocenters. The maximum absolute atomic E-state index is 12.6. The Balaban J connectivity index is 1.77. The zero-order valence-corrected chi connectivity index (χ0v) is 14.4. The first kappa shape index (κ1) is 17.3. The van der Waals surface area contributed by atoms with Crippen molar-refractivity contribution in [3.8, 4) is 0 Å². The lowest BCUT2D eigenvalue weighted by Gasteiger charge is -2.36. The zero-order chi connectivity index (χ0) is 15.9. The van der Waals surface area contributed by atoms with E-state index in [9.17, 15) is 4.79 Å². The van der Waals surface area contributed by atoms with E-state index in [4.69, 9.17) is 0 Å². The van der Waals surface area contributed by atoms with E-state index in [1.165, 1.54) is 25.8 Å². The van der Waals surface area contributed by atoms with Gasteiger partial charge in [-0.2, -0.15) is 0 Å². The predicted molar refractivity (Wildman–Crippen MR) is 92.7 cm³/mol. The summed E-state index contributed by atoms with van der Waals surface area (Å²) in [5.41, 5.74) is 1.07. The minimum Gasteiger partial charge on any atom is -0.339 e. The van der Waals surface area contributed by atoms with Gasteiger partial charge >= 0.3 is 0 Å². The maximum Gasteiger partial charge on any atom is 0.226 e. The summed E-state index contributed by atoms with van der Waals surface area (Å²) in [4.78, 5) is 17.2. The van der Waals surface area contributed by atoms with E-state index in [0.29, 0.717) is 12.5 Å². The van der Waals surface area contributed by atoms with Gasteiger partial charge in [0, 0.05) is 25.6 Å². The van der Waals surface area contributed by atoms with Gasteiger partial charge in [-0.05, 0) is 65.0 Å². The average Bonchev–Trinajstić information content (AvgIpc) is 2.53. The summed E-state index contributed by atoms with van der Waals surface area (Å²) in [6.07, 6.45) is 10.5. The number of nitrogens with zero attached hydrogens (tertiary/aromatic N) is 2. The monoisotopic (exact) mass is 304 g/mol. The average molecular weight is 304 g/mol. The lowest BCUT2D eigenvalue weighted by Crippen LogP contribution is -2.44. The highest BCUT2D eigenvalue weighted by molar-refractivity contribution is 5.79. The van der Waals surface area contributed by atoms with Crippen LogP contribution in [0.4, 0.5) is 0 Å². The lowest BCUT2D eigenvalue weighted by molar-refractivity contribution is -0.136. The molecule has 22 heavy (non-hydrogen) atoms. The molecule has 1 heterocycles. The first-order chi connectivity index (χ1) is 10.6. The highest BCUT2D eigenvalue weighted by Gasteiger charge is 2.28. The third kappa shape index (κ3) is 4.98. The minimum absolute atomic E-state index is 0.224. The van der Waals surface area contributed by atoms with E-state index in [1.807, 2.05) is 11.8 Å². The van der Waals surface area contributed by atoms with Crippen LogP contribution in [0.15, 0.2) is 24.3 Å². The number of likely N-dealkylation sites (N-methyl/N-ethyl adjacent to an activating group) is 1. The fourth-order valence-corrected chi connectivity index (χ4v) is 3.68. The van der Waals surface area contributed by atoms with Gasteiger partial charge in [0.1, 0.15) is 0 Å². The normalized spacial score (nSPS) is 23.5. The SMILES string of the molecule is C=C(C)CN(CC)C(=O)C1CCN(CC2CC=CCC2)CC1. The van der Waals surface area contributed by atoms with Crippen molar-refractivity contribution in [3.63, 3.8) is 0 Å². The Morgan fingerprint density at radius 3 is 2.55 bits per heavy atom. The smallest absolute Gasteiger partial charge is 0.226 e. The second-order valence-electron chi connectivity index (χ2n) is 7.03. The number of rotatable bonds is 6. The largest absolute Gasteiger partial charge is 0.339 e. The van der Waals surface area contributed by atoms with Crippen LogP contribution in [0.1, 0.15) is 46.0 Å². The van der Waals surface area contributed by atoms with Gasteiger partial charge in [0.05, 0.1) is 0 Å². The standard InChI is InChI=1S/C19H32N2O/c1-4-21(14-16(2)3)19(22)18-10-12-20(13-11-18)15-17-8-6-5-7-9-17/h5-6,17-18H,2,4,7-15H2,1,3H3. The molecular formula is C19H32N2O. The molecule has 3 nitrogen and oxygen atoms in total. The van der Waals surface area contributed by atoms with Gasteiger partial charge in [-0.3, -0.25) is 4.79 Å². The minimum atomic E-state index is 0.224. The third-order valence-corrected chi connectivity index (χ3v) is 4.99. The summed E-state index contributed by atoms with van der Waals surface area (Å²) in [6.45, 7) is 12.9. The van der Waals surface area contributed by atoms with Gasteiger partial charge in [-0.15, -0.1) is 0 Å². The van der Waals surface area contributed by atoms with Gasteiger partial charge in [0.15, 0.2) is 0 Å². The fraction of sp³-hybridized carbons (Fsp3) is 0.737. The van der Waals surface area contributed by atoms with E-state index in [1.54, 1.807) is 0 Å². The van der Waals surface area contributed by atoms with Crippen molar-refractivity contribution in [1.29, 1.82) is 0 Å². The van der Waals surface area contributed by atoms with E-state index in [-0.39, 0.29) is 5.92 Å². The highest BCUT2D eigenvalue weighted by atomic mass is 16.2. The number of allylic oxidation sites excluding steroid dienone is 2. The van der Waals surface area contributed by atoms with Crippen molar-refractivity contribution in [1.82, 2.24) is 9.80 Å². The summed E-state index contributed by atoms with van der Waals surface area (Å²) in [5.74, 6) is 1.39. The highest BCUT2D eigenvalue weighted by Crippen LogP contribution is 2.24. The Hall–Kier alpha value is -1.09. The van der Waals surface area contributed by atoms with Crippen molar-refractivity contribution >= 4 is 5.91 Å². The molecule has 0 aromatic carbocycles. The summed E-state index contributed by atoms with van der Waals surface area (Å²) in [7, 11) is 0. The van der Waals surface area contributed by atoms with Crippen LogP contribution in [0.2, 0.25) is 0 Å². The van der Waals surface area contributed by atoms with Crippen LogP contribution in [0.3, 0.4) is 0 Å². The number of likely N-dealkylation sites (tertiary alicyclic amines) is 1. The van der Waals surface area contributed by atoms with Gasteiger partial charge < -0.3 is 9.80 Å².